The van der Waals surface area contributed by atoms with Crippen LogP contribution >= 0.6 is 0 Å². The van der Waals surface area contributed by atoms with E-state index in [2.05, 4.69) is 40.7 Å². The molecule has 2 N–H and O–H groups in total. The van der Waals surface area contributed by atoms with Crippen LogP contribution in [0.3, 0.4) is 0 Å². The summed E-state index contributed by atoms with van der Waals surface area (Å²) in [6, 6.07) is 4.07. The lowest BCUT2D eigenvalue weighted by molar-refractivity contribution is 0.299. The van der Waals surface area contributed by atoms with Gasteiger partial charge in [-0.25, -0.2) is 0 Å². The van der Waals surface area contributed by atoms with Crippen molar-refractivity contribution in [1.29, 1.82) is 0 Å². The lowest BCUT2D eigenvalue weighted by Crippen LogP contribution is -2.45. The average Bonchev–Trinajstić information content (AvgIpc) is 2.54. The molecule has 0 fully saturated rings. The van der Waals surface area contributed by atoms with Crippen molar-refractivity contribution in [1.82, 2.24) is 0 Å². The van der Waals surface area contributed by atoms with Crippen molar-refractivity contribution >= 4 is 12.6 Å². The molecule has 1 aromatic carbocycles. The van der Waals surface area contributed by atoms with Crippen molar-refractivity contribution in [2.45, 2.75) is 90.4 Å². The molecule has 0 atom stereocenters. The van der Waals surface area contributed by atoms with Gasteiger partial charge in [0, 0.05) is 5.46 Å². The molecule has 1 aliphatic carbocycles. The van der Waals surface area contributed by atoms with E-state index >= 15 is 0 Å². The summed E-state index contributed by atoms with van der Waals surface area (Å²) in [6.45, 7) is 11.7. The highest BCUT2D eigenvalue weighted by atomic mass is 16.5. The van der Waals surface area contributed by atoms with E-state index in [0.717, 1.165) is 31.2 Å². The summed E-state index contributed by atoms with van der Waals surface area (Å²) in [6.07, 6.45) is 8.04. The second-order valence-corrected chi connectivity index (χ2v) is 8.80. The van der Waals surface area contributed by atoms with Crippen LogP contribution in [0.1, 0.15) is 90.7 Å². The van der Waals surface area contributed by atoms with Crippen LogP contribution in [-0.4, -0.2) is 23.8 Å². The Morgan fingerprint density at radius 2 is 1.60 bits per heavy atom. The fourth-order valence-corrected chi connectivity index (χ4v) is 4.05. The van der Waals surface area contributed by atoms with Gasteiger partial charge in [0.1, 0.15) is 5.75 Å². The Balaban J connectivity index is 2.27. The molecule has 1 aromatic rings. The van der Waals surface area contributed by atoms with Crippen LogP contribution in [0.25, 0.3) is 0 Å². The highest BCUT2D eigenvalue weighted by molar-refractivity contribution is 6.60. The van der Waals surface area contributed by atoms with Crippen LogP contribution < -0.4 is 10.2 Å². The summed E-state index contributed by atoms with van der Waals surface area (Å²) in [5.74, 6) is 0.634. The van der Waals surface area contributed by atoms with Crippen molar-refractivity contribution in [2.24, 2.45) is 0 Å². The van der Waals surface area contributed by atoms with Crippen LogP contribution in [0.5, 0.6) is 5.75 Å². The number of unbranched alkanes of at least 4 members (excludes halogenated alkanes) is 4. The molecule has 3 nitrogen and oxygen atoms in total. The van der Waals surface area contributed by atoms with Gasteiger partial charge in [0.05, 0.1) is 6.61 Å². The number of benzene rings is 1. The van der Waals surface area contributed by atoms with Gasteiger partial charge in [-0.2, -0.15) is 0 Å². The van der Waals surface area contributed by atoms with E-state index in [1.165, 1.54) is 24.8 Å². The third-order valence-corrected chi connectivity index (χ3v) is 5.75. The van der Waals surface area contributed by atoms with Gasteiger partial charge in [0.2, 0.25) is 0 Å². The Kier molecular flexibility index (Phi) is 6.61. The molecule has 4 heteroatoms. The summed E-state index contributed by atoms with van der Waals surface area (Å²) < 4.78 is 5.99. The van der Waals surface area contributed by atoms with Crippen molar-refractivity contribution in [2.75, 3.05) is 6.61 Å². The quantitative estimate of drug-likeness (QED) is 0.551. The minimum atomic E-state index is -1.50. The Morgan fingerprint density at radius 1 is 0.960 bits per heavy atom. The minimum absolute atomic E-state index is 0.0488. The third kappa shape index (κ3) is 4.59. The largest absolute Gasteiger partial charge is 0.494 e. The molecule has 0 unspecified atom stereocenters. The fourth-order valence-electron chi connectivity index (χ4n) is 4.05. The first-order valence-electron chi connectivity index (χ1n) is 9.87. The lowest BCUT2D eigenvalue weighted by Gasteiger charge is -2.43. The second-order valence-electron chi connectivity index (χ2n) is 8.80. The average molecular weight is 346 g/mol. The smallest absolute Gasteiger partial charge is 0.492 e. The summed E-state index contributed by atoms with van der Waals surface area (Å²) >= 11 is 0. The maximum absolute atomic E-state index is 10.1. The summed E-state index contributed by atoms with van der Waals surface area (Å²) in [5, 5.41) is 20.2. The molecular formula is C21H35BO3. The Hall–Kier alpha value is -0.995. The van der Waals surface area contributed by atoms with Crippen molar-refractivity contribution < 1.29 is 14.8 Å². The van der Waals surface area contributed by atoms with E-state index < -0.39 is 7.12 Å². The highest BCUT2D eigenvalue weighted by Crippen LogP contribution is 2.46. The standard InChI is InChI=1S/C21H35BO3/c1-6-7-8-9-10-15-25-17-12-11-16-18(19(17)22(23)24)21(4,5)14-13-20(16,2)3/h11-12,23-24H,6-10,13-15H2,1-5H3. The van der Waals surface area contributed by atoms with Gasteiger partial charge in [0.15, 0.2) is 0 Å². The second kappa shape index (κ2) is 8.13. The van der Waals surface area contributed by atoms with Crippen molar-refractivity contribution in [3.63, 3.8) is 0 Å². The maximum atomic E-state index is 10.1. The molecule has 0 aromatic heterocycles. The maximum Gasteiger partial charge on any atom is 0.492 e. The molecule has 140 valence electrons. The predicted molar refractivity (Wildman–Crippen MR) is 106 cm³/mol. The molecule has 1 aliphatic rings. The zero-order valence-electron chi connectivity index (χ0n) is 16.7. The number of fused-ring (bicyclic) bond motifs is 1. The Labute approximate surface area is 153 Å². The molecule has 0 heterocycles. The third-order valence-electron chi connectivity index (χ3n) is 5.75. The molecule has 0 saturated heterocycles. The van der Waals surface area contributed by atoms with Crippen LogP contribution in [0, 0.1) is 0 Å². The van der Waals surface area contributed by atoms with E-state index in [1.54, 1.807) is 0 Å². The lowest BCUT2D eigenvalue weighted by atomic mass is 9.58. The van der Waals surface area contributed by atoms with Crippen LogP contribution in [0.2, 0.25) is 0 Å². The molecule has 0 bridgehead atoms. The van der Waals surface area contributed by atoms with Gasteiger partial charge < -0.3 is 14.8 Å². The summed E-state index contributed by atoms with van der Waals surface area (Å²) in [4.78, 5) is 0. The van der Waals surface area contributed by atoms with Crippen LogP contribution in [-0.2, 0) is 10.8 Å². The molecular weight excluding hydrogens is 311 g/mol. The molecule has 0 aliphatic heterocycles. The highest BCUT2D eigenvalue weighted by Gasteiger charge is 2.41. The van der Waals surface area contributed by atoms with Crippen molar-refractivity contribution in [3.8, 4) is 5.75 Å². The normalized spacial score (nSPS) is 17.9. The molecule has 0 radical (unpaired) electrons. The zero-order chi connectivity index (χ0) is 18.7. The van der Waals surface area contributed by atoms with Gasteiger partial charge in [0.25, 0.3) is 0 Å². The Bertz CT molecular complexity index is 579. The summed E-state index contributed by atoms with van der Waals surface area (Å²) in [7, 11) is -1.50. The molecule has 25 heavy (non-hydrogen) atoms. The van der Waals surface area contributed by atoms with E-state index in [0.29, 0.717) is 17.8 Å². The summed E-state index contributed by atoms with van der Waals surface area (Å²) in [5.41, 5.74) is 2.84. The first-order chi connectivity index (χ1) is 11.7. The monoisotopic (exact) mass is 346 g/mol. The number of hydrogen-bond donors (Lipinski definition) is 2. The van der Waals surface area contributed by atoms with Gasteiger partial charge in [-0.05, 0) is 47.3 Å². The number of hydrogen-bond acceptors (Lipinski definition) is 3. The number of rotatable bonds is 8. The topological polar surface area (TPSA) is 49.7 Å². The minimum Gasteiger partial charge on any atom is -0.494 e. The molecule has 2 rings (SSSR count). The first-order valence-corrected chi connectivity index (χ1v) is 9.87. The van der Waals surface area contributed by atoms with Gasteiger partial charge in [-0.1, -0.05) is 66.4 Å². The van der Waals surface area contributed by atoms with Crippen LogP contribution in [0.4, 0.5) is 0 Å². The van der Waals surface area contributed by atoms with Crippen LogP contribution in [0.15, 0.2) is 12.1 Å². The SMILES string of the molecule is CCCCCCCOc1ccc2c(c1B(O)O)C(C)(C)CCC2(C)C. The van der Waals surface area contributed by atoms with E-state index in [-0.39, 0.29) is 10.8 Å². The number of ether oxygens (including phenoxy) is 1. The fraction of sp³-hybridized carbons (Fsp3) is 0.714. The molecule has 0 amide bonds. The van der Waals surface area contributed by atoms with E-state index in [9.17, 15) is 10.0 Å². The Morgan fingerprint density at radius 3 is 2.24 bits per heavy atom. The van der Waals surface area contributed by atoms with E-state index in [1.807, 2.05) is 6.07 Å². The first kappa shape index (κ1) is 20.3. The van der Waals surface area contributed by atoms with Gasteiger partial charge in [-0.3, -0.25) is 0 Å². The molecule has 0 spiro atoms. The van der Waals surface area contributed by atoms with E-state index in [4.69, 9.17) is 4.74 Å². The zero-order valence-corrected chi connectivity index (χ0v) is 16.7. The van der Waals surface area contributed by atoms with Gasteiger partial charge >= 0.3 is 7.12 Å². The molecule has 0 saturated carbocycles. The van der Waals surface area contributed by atoms with Crippen molar-refractivity contribution in [3.05, 3.63) is 23.3 Å². The van der Waals surface area contributed by atoms with Gasteiger partial charge in [-0.15, -0.1) is 0 Å². The predicted octanol–water partition coefficient (Wildman–Crippen LogP) is 4.06.